The first kappa shape index (κ1) is 20.6. The van der Waals surface area contributed by atoms with Crippen molar-refractivity contribution in [2.24, 2.45) is 0 Å². The molecule has 1 amide bonds. The van der Waals surface area contributed by atoms with Gasteiger partial charge in [0.15, 0.2) is 0 Å². The molecular formula is C16H25N3O6S. The van der Waals surface area contributed by atoms with Gasteiger partial charge in [-0.2, -0.15) is 4.31 Å². The summed E-state index contributed by atoms with van der Waals surface area (Å²) in [6.45, 7) is 3.50. The Hall–Kier alpha value is -1.72. The Kier molecular flexibility index (Phi) is 7.79. The predicted molar refractivity (Wildman–Crippen MR) is 93.6 cm³/mol. The summed E-state index contributed by atoms with van der Waals surface area (Å²) in [6.07, 6.45) is -0.130. The Morgan fingerprint density at radius 3 is 2.50 bits per heavy atom. The zero-order chi connectivity index (χ0) is 19.0. The molecule has 0 saturated carbocycles. The van der Waals surface area contributed by atoms with Crippen molar-refractivity contribution in [2.75, 3.05) is 53.0 Å². The van der Waals surface area contributed by atoms with Crippen molar-refractivity contribution in [1.29, 1.82) is 0 Å². The maximum atomic E-state index is 13.0. The van der Waals surface area contributed by atoms with Crippen LogP contribution in [0.5, 0.6) is 5.75 Å². The summed E-state index contributed by atoms with van der Waals surface area (Å²) < 4.78 is 37.5. The molecule has 1 aromatic rings. The highest BCUT2D eigenvalue weighted by Gasteiger charge is 2.26. The average Bonchev–Trinajstić information content (AvgIpc) is 2.68. The van der Waals surface area contributed by atoms with E-state index < -0.39 is 15.9 Å². The largest absolute Gasteiger partial charge is 0.497 e. The second kappa shape index (κ2) is 9.83. The van der Waals surface area contributed by atoms with E-state index in [9.17, 15) is 13.2 Å². The fourth-order valence-corrected chi connectivity index (χ4v) is 4.04. The van der Waals surface area contributed by atoms with Gasteiger partial charge in [-0.05, 0) is 24.3 Å². The summed E-state index contributed by atoms with van der Waals surface area (Å²) in [6, 6.07) is 6.10. The van der Waals surface area contributed by atoms with Crippen LogP contribution in [0, 0.1) is 0 Å². The zero-order valence-electron chi connectivity index (χ0n) is 14.8. The number of benzene rings is 1. The van der Waals surface area contributed by atoms with Crippen molar-refractivity contribution in [3.05, 3.63) is 24.3 Å². The Labute approximate surface area is 153 Å². The van der Waals surface area contributed by atoms with Crippen LogP contribution in [-0.4, -0.2) is 81.8 Å². The molecule has 1 heterocycles. The lowest BCUT2D eigenvalue weighted by Gasteiger charge is -2.29. The summed E-state index contributed by atoms with van der Waals surface area (Å²) in [5, 5.41) is 8.66. The lowest BCUT2D eigenvalue weighted by molar-refractivity contribution is -0.129. The molecule has 146 valence electrons. The lowest BCUT2D eigenvalue weighted by atomic mass is 10.3. The summed E-state index contributed by atoms with van der Waals surface area (Å²) >= 11 is 0. The SMILES string of the molecule is COc1ccc(S(=O)(=O)N(CCC(=O)NO)CCN2CCOCC2)cc1. The highest BCUT2D eigenvalue weighted by atomic mass is 32.2. The monoisotopic (exact) mass is 387 g/mol. The number of carbonyl (C=O) groups is 1. The molecule has 0 atom stereocenters. The van der Waals surface area contributed by atoms with E-state index in [-0.39, 0.29) is 24.4 Å². The number of rotatable bonds is 9. The number of hydrogen-bond donors (Lipinski definition) is 2. The van der Waals surface area contributed by atoms with Crippen LogP contribution in [0.1, 0.15) is 6.42 Å². The van der Waals surface area contributed by atoms with Gasteiger partial charge >= 0.3 is 0 Å². The highest BCUT2D eigenvalue weighted by Crippen LogP contribution is 2.20. The summed E-state index contributed by atoms with van der Waals surface area (Å²) in [4.78, 5) is 13.6. The molecule has 10 heteroatoms. The molecular weight excluding hydrogens is 362 g/mol. The molecule has 0 spiro atoms. The van der Waals surface area contributed by atoms with Gasteiger partial charge in [0.2, 0.25) is 15.9 Å². The van der Waals surface area contributed by atoms with E-state index in [0.717, 1.165) is 13.1 Å². The van der Waals surface area contributed by atoms with Crippen LogP contribution in [0.25, 0.3) is 0 Å². The van der Waals surface area contributed by atoms with Crippen LogP contribution < -0.4 is 10.2 Å². The van der Waals surface area contributed by atoms with Gasteiger partial charge in [0, 0.05) is 39.1 Å². The first-order valence-electron chi connectivity index (χ1n) is 8.34. The van der Waals surface area contributed by atoms with Crippen molar-refractivity contribution in [3.63, 3.8) is 0 Å². The van der Waals surface area contributed by atoms with Crippen molar-refractivity contribution in [1.82, 2.24) is 14.7 Å². The number of sulfonamides is 1. The number of carbonyl (C=O) groups excluding carboxylic acids is 1. The van der Waals surface area contributed by atoms with E-state index >= 15 is 0 Å². The Morgan fingerprint density at radius 2 is 1.92 bits per heavy atom. The predicted octanol–water partition coefficient (Wildman–Crippen LogP) is -0.0864. The average molecular weight is 387 g/mol. The van der Waals surface area contributed by atoms with Gasteiger partial charge in [0.25, 0.3) is 0 Å². The number of nitrogens with zero attached hydrogens (tertiary/aromatic N) is 2. The molecule has 0 unspecified atom stereocenters. The standard InChI is InChI=1S/C16H25N3O6S/c1-24-14-2-4-15(5-3-14)26(22,23)19(7-6-16(20)17-21)9-8-18-10-12-25-13-11-18/h2-5,21H,6-13H2,1H3,(H,17,20). The first-order chi connectivity index (χ1) is 12.5. The summed E-state index contributed by atoms with van der Waals surface area (Å²) in [5.41, 5.74) is 1.53. The second-order valence-electron chi connectivity index (χ2n) is 5.82. The first-order valence-corrected chi connectivity index (χ1v) is 9.78. The number of nitrogens with one attached hydrogen (secondary N) is 1. The number of hydroxylamine groups is 1. The fraction of sp³-hybridized carbons (Fsp3) is 0.562. The Bertz CT molecular complexity index is 674. The molecule has 26 heavy (non-hydrogen) atoms. The van der Waals surface area contributed by atoms with Gasteiger partial charge in [-0.3, -0.25) is 14.9 Å². The Balaban J connectivity index is 2.11. The van der Waals surface area contributed by atoms with Gasteiger partial charge < -0.3 is 9.47 Å². The normalized spacial score (nSPS) is 15.8. The highest BCUT2D eigenvalue weighted by molar-refractivity contribution is 7.89. The van der Waals surface area contributed by atoms with Crippen LogP contribution in [0.3, 0.4) is 0 Å². The van der Waals surface area contributed by atoms with Crippen molar-refractivity contribution < 1.29 is 27.9 Å². The van der Waals surface area contributed by atoms with E-state index in [1.165, 1.54) is 29.0 Å². The molecule has 2 rings (SSSR count). The second-order valence-corrected chi connectivity index (χ2v) is 7.76. The minimum absolute atomic E-state index is 0.0227. The van der Waals surface area contributed by atoms with Crippen LogP contribution in [0.2, 0.25) is 0 Å². The van der Waals surface area contributed by atoms with Gasteiger partial charge in [-0.1, -0.05) is 0 Å². The van der Waals surface area contributed by atoms with E-state index in [2.05, 4.69) is 4.90 Å². The zero-order valence-corrected chi connectivity index (χ0v) is 15.6. The third kappa shape index (κ3) is 5.64. The molecule has 0 radical (unpaired) electrons. The summed E-state index contributed by atoms with van der Waals surface area (Å²) in [7, 11) is -2.27. The van der Waals surface area contributed by atoms with E-state index in [0.29, 0.717) is 25.5 Å². The fourth-order valence-electron chi connectivity index (χ4n) is 2.61. The molecule has 0 aromatic heterocycles. The van der Waals surface area contributed by atoms with Gasteiger partial charge in [-0.15, -0.1) is 0 Å². The molecule has 0 bridgehead atoms. The maximum Gasteiger partial charge on any atom is 0.244 e. The van der Waals surface area contributed by atoms with Crippen LogP contribution in [-0.2, 0) is 19.6 Å². The van der Waals surface area contributed by atoms with Crippen LogP contribution >= 0.6 is 0 Å². The number of methoxy groups -OCH3 is 1. The molecule has 9 nitrogen and oxygen atoms in total. The number of morpholine rings is 1. The smallest absolute Gasteiger partial charge is 0.244 e. The van der Waals surface area contributed by atoms with Gasteiger partial charge in [0.1, 0.15) is 5.75 Å². The third-order valence-electron chi connectivity index (χ3n) is 4.18. The Morgan fingerprint density at radius 1 is 1.27 bits per heavy atom. The maximum absolute atomic E-state index is 13.0. The number of amides is 1. The van der Waals surface area contributed by atoms with Crippen molar-refractivity contribution in [2.45, 2.75) is 11.3 Å². The summed E-state index contributed by atoms with van der Waals surface area (Å²) in [5.74, 6) is -0.0743. The molecule has 0 aliphatic carbocycles. The third-order valence-corrected chi connectivity index (χ3v) is 6.09. The molecule has 1 aliphatic rings. The van der Waals surface area contributed by atoms with Crippen molar-refractivity contribution >= 4 is 15.9 Å². The molecule has 1 aromatic carbocycles. The molecule has 1 aliphatic heterocycles. The molecule has 1 saturated heterocycles. The number of ether oxygens (including phenoxy) is 2. The molecule has 1 fully saturated rings. The van der Waals surface area contributed by atoms with Crippen LogP contribution in [0.15, 0.2) is 29.2 Å². The minimum Gasteiger partial charge on any atom is -0.497 e. The van der Waals surface area contributed by atoms with Gasteiger partial charge in [0.05, 0.1) is 25.2 Å². The van der Waals surface area contributed by atoms with E-state index in [1.54, 1.807) is 12.1 Å². The van der Waals surface area contributed by atoms with Gasteiger partial charge in [-0.25, -0.2) is 13.9 Å². The topological polar surface area (TPSA) is 108 Å². The quantitative estimate of drug-likeness (QED) is 0.450. The van der Waals surface area contributed by atoms with E-state index in [1.807, 2.05) is 0 Å². The minimum atomic E-state index is -3.77. The lowest BCUT2D eigenvalue weighted by Crippen LogP contribution is -2.43. The van der Waals surface area contributed by atoms with E-state index in [4.69, 9.17) is 14.7 Å². The number of hydrogen-bond acceptors (Lipinski definition) is 7. The van der Waals surface area contributed by atoms with Crippen molar-refractivity contribution in [3.8, 4) is 5.75 Å². The van der Waals surface area contributed by atoms with Crippen LogP contribution in [0.4, 0.5) is 0 Å². The molecule has 2 N–H and O–H groups in total.